The van der Waals surface area contributed by atoms with Crippen LogP contribution in [-0.2, 0) is 0 Å². The summed E-state index contributed by atoms with van der Waals surface area (Å²) in [7, 11) is 3.95. The van der Waals surface area contributed by atoms with Gasteiger partial charge in [-0.2, -0.15) is 0 Å². The predicted octanol–water partition coefficient (Wildman–Crippen LogP) is 1.95. The van der Waals surface area contributed by atoms with Crippen LogP contribution in [0.5, 0.6) is 0 Å². The zero-order valence-corrected chi connectivity index (χ0v) is 8.15. The van der Waals surface area contributed by atoms with Crippen molar-refractivity contribution < 1.29 is 5.21 Å². The Labute approximate surface area is 78.3 Å². The lowest BCUT2D eigenvalue weighted by Crippen LogP contribution is -2.09. The third kappa shape index (κ3) is 2.21. The molecule has 0 aliphatic heterocycles. The number of anilines is 1. The molecule has 1 aromatic carbocycles. The van der Waals surface area contributed by atoms with Crippen LogP contribution >= 0.6 is 0 Å². The Bertz CT molecular complexity index is 318. The number of benzene rings is 1. The van der Waals surface area contributed by atoms with Gasteiger partial charge in [-0.1, -0.05) is 17.3 Å². The molecule has 3 nitrogen and oxygen atoms in total. The highest BCUT2D eigenvalue weighted by Crippen LogP contribution is 2.13. The molecule has 0 atom stereocenters. The van der Waals surface area contributed by atoms with Crippen molar-refractivity contribution in [3.8, 4) is 0 Å². The van der Waals surface area contributed by atoms with E-state index in [1.54, 1.807) is 6.92 Å². The number of hydrogen-bond donors (Lipinski definition) is 1. The number of nitrogens with zero attached hydrogens (tertiary/aromatic N) is 2. The van der Waals surface area contributed by atoms with Gasteiger partial charge in [-0.05, 0) is 19.1 Å². The normalized spacial score (nSPS) is 11.5. The topological polar surface area (TPSA) is 35.8 Å². The summed E-state index contributed by atoms with van der Waals surface area (Å²) >= 11 is 0. The van der Waals surface area contributed by atoms with Gasteiger partial charge in [-0.3, -0.25) is 0 Å². The van der Waals surface area contributed by atoms with E-state index in [1.807, 2.05) is 43.3 Å². The van der Waals surface area contributed by atoms with Crippen molar-refractivity contribution in [1.29, 1.82) is 0 Å². The smallest absolute Gasteiger partial charge is 0.0837 e. The van der Waals surface area contributed by atoms with Gasteiger partial charge in [0.15, 0.2) is 0 Å². The van der Waals surface area contributed by atoms with Crippen LogP contribution in [0, 0.1) is 0 Å². The zero-order chi connectivity index (χ0) is 9.84. The van der Waals surface area contributed by atoms with Crippen LogP contribution in [0.4, 0.5) is 5.69 Å². The van der Waals surface area contributed by atoms with Gasteiger partial charge in [0.1, 0.15) is 0 Å². The minimum absolute atomic E-state index is 0.628. The summed E-state index contributed by atoms with van der Waals surface area (Å²) in [5, 5.41) is 11.7. The highest BCUT2D eigenvalue weighted by Gasteiger charge is 2.00. The Morgan fingerprint density at radius 1 is 1.38 bits per heavy atom. The molecule has 1 rings (SSSR count). The molecular weight excluding hydrogens is 164 g/mol. The first-order valence-corrected chi connectivity index (χ1v) is 4.11. The number of rotatable bonds is 2. The monoisotopic (exact) mass is 178 g/mol. The maximum absolute atomic E-state index is 8.59. The molecule has 0 heterocycles. The molecular formula is C10H14N2O. The van der Waals surface area contributed by atoms with E-state index in [-0.39, 0.29) is 0 Å². The van der Waals surface area contributed by atoms with Crippen molar-refractivity contribution in [1.82, 2.24) is 0 Å². The second kappa shape index (κ2) is 3.94. The van der Waals surface area contributed by atoms with E-state index in [1.165, 1.54) is 0 Å². The fourth-order valence-electron chi connectivity index (χ4n) is 1.07. The summed E-state index contributed by atoms with van der Waals surface area (Å²) in [5.41, 5.74) is 2.66. The molecule has 0 aliphatic carbocycles. The fourth-order valence-corrected chi connectivity index (χ4v) is 1.07. The van der Waals surface area contributed by atoms with Crippen LogP contribution in [0.15, 0.2) is 29.4 Å². The van der Waals surface area contributed by atoms with E-state index in [2.05, 4.69) is 5.16 Å². The van der Waals surface area contributed by atoms with Gasteiger partial charge in [0.25, 0.3) is 0 Å². The molecule has 0 aromatic heterocycles. The van der Waals surface area contributed by atoms with E-state index in [9.17, 15) is 0 Å². The SMILES string of the molecule is CC(=NO)c1cccc(N(C)C)c1. The average molecular weight is 178 g/mol. The van der Waals surface area contributed by atoms with Gasteiger partial charge >= 0.3 is 0 Å². The minimum atomic E-state index is 0.628. The third-order valence-corrected chi connectivity index (χ3v) is 1.93. The maximum atomic E-state index is 8.59. The summed E-state index contributed by atoms with van der Waals surface area (Å²) in [6, 6.07) is 7.85. The molecule has 0 fully saturated rings. The van der Waals surface area contributed by atoms with Gasteiger partial charge in [-0.15, -0.1) is 0 Å². The van der Waals surface area contributed by atoms with Crippen molar-refractivity contribution >= 4 is 11.4 Å². The summed E-state index contributed by atoms with van der Waals surface area (Å²) in [5.74, 6) is 0. The summed E-state index contributed by atoms with van der Waals surface area (Å²) in [4.78, 5) is 2.01. The van der Waals surface area contributed by atoms with Crippen LogP contribution in [0.25, 0.3) is 0 Å². The molecule has 0 unspecified atom stereocenters. The van der Waals surface area contributed by atoms with Gasteiger partial charge in [0, 0.05) is 25.3 Å². The van der Waals surface area contributed by atoms with Crippen molar-refractivity contribution in [3.63, 3.8) is 0 Å². The van der Waals surface area contributed by atoms with E-state index in [4.69, 9.17) is 5.21 Å². The van der Waals surface area contributed by atoms with Crippen LogP contribution < -0.4 is 4.90 Å². The largest absolute Gasteiger partial charge is 0.411 e. The highest BCUT2D eigenvalue weighted by molar-refractivity contribution is 5.99. The van der Waals surface area contributed by atoms with Crippen LogP contribution in [0.3, 0.4) is 0 Å². The second-order valence-corrected chi connectivity index (χ2v) is 3.13. The molecule has 13 heavy (non-hydrogen) atoms. The third-order valence-electron chi connectivity index (χ3n) is 1.93. The quantitative estimate of drug-likeness (QED) is 0.427. The minimum Gasteiger partial charge on any atom is -0.411 e. The number of oxime groups is 1. The van der Waals surface area contributed by atoms with Crippen molar-refractivity contribution in [3.05, 3.63) is 29.8 Å². The maximum Gasteiger partial charge on any atom is 0.0837 e. The molecule has 1 N–H and O–H groups in total. The highest BCUT2D eigenvalue weighted by atomic mass is 16.4. The lowest BCUT2D eigenvalue weighted by molar-refractivity contribution is 0.319. The summed E-state index contributed by atoms with van der Waals surface area (Å²) in [6.45, 7) is 1.77. The molecule has 70 valence electrons. The Morgan fingerprint density at radius 2 is 2.08 bits per heavy atom. The lowest BCUT2D eigenvalue weighted by Gasteiger charge is -2.12. The van der Waals surface area contributed by atoms with Crippen LogP contribution in [0.1, 0.15) is 12.5 Å². The first kappa shape index (κ1) is 9.58. The Balaban J connectivity index is 3.05. The van der Waals surface area contributed by atoms with Gasteiger partial charge in [0.2, 0.25) is 0 Å². The van der Waals surface area contributed by atoms with Crippen LogP contribution in [0.2, 0.25) is 0 Å². The zero-order valence-electron chi connectivity index (χ0n) is 8.15. The Morgan fingerprint density at radius 3 is 2.62 bits per heavy atom. The standard InChI is InChI=1S/C10H14N2O/c1-8(11-13)9-5-4-6-10(7-9)12(2)3/h4-7,13H,1-3H3. The molecule has 1 aromatic rings. The molecule has 0 saturated carbocycles. The first-order valence-electron chi connectivity index (χ1n) is 4.11. The van der Waals surface area contributed by atoms with Gasteiger partial charge < -0.3 is 10.1 Å². The van der Waals surface area contributed by atoms with E-state index >= 15 is 0 Å². The predicted molar refractivity (Wildman–Crippen MR) is 54.8 cm³/mol. The van der Waals surface area contributed by atoms with Crippen molar-refractivity contribution in [2.45, 2.75) is 6.92 Å². The van der Waals surface area contributed by atoms with E-state index in [0.717, 1.165) is 11.3 Å². The summed E-state index contributed by atoms with van der Waals surface area (Å²) in [6.07, 6.45) is 0. The fraction of sp³-hybridized carbons (Fsp3) is 0.300. The molecule has 0 spiro atoms. The molecule has 3 heteroatoms. The average Bonchev–Trinajstić information content (AvgIpc) is 2.17. The Hall–Kier alpha value is -1.51. The molecule has 0 saturated heterocycles. The number of hydrogen-bond acceptors (Lipinski definition) is 3. The van der Waals surface area contributed by atoms with E-state index < -0.39 is 0 Å². The summed E-state index contributed by atoms with van der Waals surface area (Å²) < 4.78 is 0. The molecule has 0 radical (unpaired) electrons. The first-order chi connectivity index (χ1) is 6.15. The molecule has 0 amide bonds. The van der Waals surface area contributed by atoms with Gasteiger partial charge in [-0.25, -0.2) is 0 Å². The molecule has 0 aliphatic rings. The van der Waals surface area contributed by atoms with Crippen molar-refractivity contribution in [2.75, 3.05) is 19.0 Å². The van der Waals surface area contributed by atoms with Gasteiger partial charge in [0.05, 0.1) is 5.71 Å². The van der Waals surface area contributed by atoms with Crippen LogP contribution in [-0.4, -0.2) is 25.0 Å². The van der Waals surface area contributed by atoms with Crippen molar-refractivity contribution in [2.24, 2.45) is 5.16 Å². The lowest BCUT2D eigenvalue weighted by atomic mass is 10.1. The molecule has 0 bridgehead atoms. The Kier molecular flexibility index (Phi) is 2.90. The second-order valence-electron chi connectivity index (χ2n) is 3.13. The van der Waals surface area contributed by atoms with E-state index in [0.29, 0.717) is 5.71 Å².